The van der Waals surface area contributed by atoms with Gasteiger partial charge in [-0.25, -0.2) is 4.39 Å². The van der Waals surface area contributed by atoms with Crippen LogP contribution in [0.25, 0.3) is 5.69 Å². The number of aromatic nitrogens is 3. The third kappa shape index (κ3) is 5.08. The van der Waals surface area contributed by atoms with E-state index < -0.39 is 0 Å². The molecule has 0 N–H and O–H groups in total. The summed E-state index contributed by atoms with van der Waals surface area (Å²) in [5, 5.41) is 18.4. The summed E-state index contributed by atoms with van der Waals surface area (Å²) in [4.78, 5) is 2.45. The molecule has 1 aromatic heterocycles. The molecule has 2 aromatic rings. The van der Waals surface area contributed by atoms with Gasteiger partial charge in [-0.15, -0.1) is 10.2 Å². The quantitative estimate of drug-likeness (QED) is 0.484. The molecular formula is C20H26FN5S. The number of unbranched alkanes of at least 4 members (excludes halogenated alkanes) is 2. The maximum atomic E-state index is 13.4. The van der Waals surface area contributed by atoms with E-state index in [1.54, 1.807) is 23.9 Å². The van der Waals surface area contributed by atoms with Crippen molar-refractivity contribution >= 4 is 11.8 Å². The van der Waals surface area contributed by atoms with E-state index in [4.69, 9.17) is 5.26 Å². The van der Waals surface area contributed by atoms with Gasteiger partial charge in [-0.3, -0.25) is 9.47 Å². The molecule has 0 radical (unpaired) electrons. The Bertz CT molecular complexity index is 762. The number of hydrogen-bond acceptors (Lipinski definition) is 5. The topological polar surface area (TPSA) is 57.7 Å². The lowest BCUT2D eigenvalue weighted by Gasteiger charge is -2.31. The van der Waals surface area contributed by atoms with Crippen LogP contribution in [0, 0.1) is 17.1 Å². The average molecular weight is 388 g/mol. The first kappa shape index (κ1) is 19.8. The normalized spacial score (nSPS) is 16.2. The van der Waals surface area contributed by atoms with Crippen molar-refractivity contribution < 1.29 is 4.39 Å². The van der Waals surface area contributed by atoms with Crippen molar-refractivity contribution in [3.63, 3.8) is 0 Å². The third-order valence-electron chi connectivity index (χ3n) is 4.97. The molecule has 1 aliphatic rings. The number of piperidine rings is 1. The number of nitriles is 1. The fourth-order valence-corrected chi connectivity index (χ4v) is 4.37. The number of nitrogens with zero attached hydrogens (tertiary/aromatic N) is 5. The van der Waals surface area contributed by atoms with Crippen LogP contribution in [0.15, 0.2) is 29.4 Å². The number of hydrogen-bond donors (Lipinski definition) is 0. The second-order valence-corrected chi connectivity index (χ2v) is 7.95. The van der Waals surface area contributed by atoms with E-state index in [1.165, 1.54) is 31.4 Å². The van der Waals surface area contributed by atoms with Crippen molar-refractivity contribution in [1.29, 1.82) is 5.26 Å². The standard InChI is InChI=1S/C20H26FN5S/c1-16(25-13-5-3-6-14-25)19-23-24-20(27-15-7-2-4-12-22)26(19)18-10-8-17(21)9-11-18/h8-11,16H,2-7,13-15H2,1H3/t16-/m0/s1. The van der Waals surface area contributed by atoms with Crippen LogP contribution < -0.4 is 0 Å². The molecule has 1 atom stereocenters. The van der Waals surface area contributed by atoms with Gasteiger partial charge in [0.2, 0.25) is 0 Å². The molecule has 144 valence electrons. The van der Waals surface area contributed by atoms with Crippen molar-refractivity contribution in [3.8, 4) is 11.8 Å². The molecule has 1 fully saturated rings. The highest BCUT2D eigenvalue weighted by atomic mass is 32.2. The second kappa shape index (κ2) is 9.86. The highest BCUT2D eigenvalue weighted by Crippen LogP contribution is 2.29. The Morgan fingerprint density at radius 1 is 1.15 bits per heavy atom. The summed E-state index contributed by atoms with van der Waals surface area (Å²) in [6.07, 6.45) is 6.17. The first-order valence-electron chi connectivity index (χ1n) is 9.66. The minimum absolute atomic E-state index is 0.163. The molecule has 5 nitrogen and oxygen atoms in total. The molecule has 0 amide bonds. The number of likely N-dealkylation sites (tertiary alicyclic amines) is 1. The highest BCUT2D eigenvalue weighted by Gasteiger charge is 2.25. The smallest absolute Gasteiger partial charge is 0.195 e. The molecule has 7 heteroatoms. The van der Waals surface area contributed by atoms with Crippen molar-refractivity contribution in [2.45, 2.75) is 56.6 Å². The molecular weight excluding hydrogens is 361 g/mol. The van der Waals surface area contributed by atoms with Crippen LogP contribution in [0.1, 0.15) is 57.3 Å². The van der Waals surface area contributed by atoms with Crippen LogP contribution in [-0.2, 0) is 0 Å². The van der Waals surface area contributed by atoms with Crippen molar-refractivity contribution in [3.05, 3.63) is 35.9 Å². The fourth-order valence-electron chi connectivity index (χ4n) is 3.42. The van der Waals surface area contributed by atoms with Crippen molar-refractivity contribution in [2.75, 3.05) is 18.8 Å². The molecule has 0 unspecified atom stereocenters. The lowest BCUT2D eigenvalue weighted by molar-refractivity contribution is 0.167. The number of thioether (sulfide) groups is 1. The summed E-state index contributed by atoms with van der Waals surface area (Å²) in [5.41, 5.74) is 0.889. The fraction of sp³-hybridized carbons (Fsp3) is 0.550. The highest BCUT2D eigenvalue weighted by molar-refractivity contribution is 7.99. The molecule has 0 bridgehead atoms. The Labute approximate surface area is 164 Å². The van der Waals surface area contributed by atoms with Gasteiger partial charge >= 0.3 is 0 Å². The lowest BCUT2D eigenvalue weighted by atomic mass is 10.1. The van der Waals surface area contributed by atoms with Crippen LogP contribution in [0.4, 0.5) is 4.39 Å². The molecule has 1 saturated heterocycles. The zero-order chi connectivity index (χ0) is 19.1. The van der Waals surface area contributed by atoms with Crippen LogP contribution in [0.5, 0.6) is 0 Å². The maximum absolute atomic E-state index is 13.4. The summed E-state index contributed by atoms with van der Waals surface area (Å²) < 4.78 is 15.5. The van der Waals surface area contributed by atoms with E-state index in [9.17, 15) is 4.39 Å². The summed E-state index contributed by atoms with van der Waals surface area (Å²) in [6, 6.07) is 8.87. The van der Waals surface area contributed by atoms with E-state index in [0.29, 0.717) is 6.42 Å². The van der Waals surface area contributed by atoms with Gasteiger partial charge in [0.05, 0.1) is 12.1 Å². The second-order valence-electron chi connectivity index (χ2n) is 6.89. The van der Waals surface area contributed by atoms with E-state index in [2.05, 4.69) is 32.7 Å². The van der Waals surface area contributed by atoms with Crippen LogP contribution in [0.2, 0.25) is 0 Å². The average Bonchev–Trinajstić information content (AvgIpc) is 3.12. The lowest BCUT2D eigenvalue weighted by Crippen LogP contribution is -2.33. The SMILES string of the molecule is C[C@@H](c1nnc(SCCCCC#N)n1-c1ccc(F)cc1)N1CCCCC1. The summed E-state index contributed by atoms with van der Waals surface area (Å²) in [6.45, 7) is 4.33. The Kier molecular flexibility index (Phi) is 7.25. The Morgan fingerprint density at radius 3 is 2.59 bits per heavy atom. The minimum atomic E-state index is -0.247. The van der Waals surface area contributed by atoms with Gasteiger partial charge in [0.15, 0.2) is 11.0 Å². The molecule has 27 heavy (non-hydrogen) atoms. The van der Waals surface area contributed by atoms with E-state index in [-0.39, 0.29) is 11.9 Å². The molecule has 0 spiro atoms. The van der Waals surface area contributed by atoms with Gasteiger partial charge in [0.1, 0.15) is 5.82 Å². The zero-order valence-electron chi connectivity index (χ0n) is 15.8. The van der Waals surface area contributed by atoms with Crippen LogP contribution >= 0.6 is 11.8 Å². The van der Waals surface area contributed by atoms with Gasteiger partial charge in [-0.1, -0.05) is 18.2 Å². The molecule has 1 aromatic carbocycles. The van der Waals surface area contributed by atoms with Gasteiger partial charge in [0, 0.05) is 17.9 Å². The minimum Gasteiger partial charge on any atom is -0.294 e. The molecule has 1 aliphatic heterocycles. The van der Waals surface area contributed by atoms with Gasteiger partial charge in [0.25, 0.3) is 0 Å². The summed E-state index contributed by atoms with van der Waals surface area (Å²) in [5.74, 6) is 1.55. The van der Waals surface area contributed by atoms with E-state index >= 15 is 0 Å². The largest absolute Gasteiger partial charge is 0.294 e. The molecule has 2 heterocycles. The number of benzene rings is 1. The molecule has 3 rings (SSSR count). The summed E-state index contributed by atoms with van der Waals surface area (Å²) in [7, 11) is 0. The summed E-state index contributed by atoms with van der Waals surface area (Å²) >= 11 is 1.65. The van der Waals surface area contributed by atoms with E-state index in [1.807, 2.05) is 0 Å². The first-order chi connectivity index (χ1) is 13.2. The molecule has 0 aliphatic carbocycles. The molecule has 0 saturated carbocycles. The third-order valence-corrected chi connectivity index (χ3v) is 5.98. The Balaban J connectivity index is 1.83. The predicted octanol–water partition coefficient (Wildman–Crippen LogP) is 4.74. The zero-order valence-corrected chi connectivity index (χ0v) is 16.6. The van der Waals surface area contributed by atoms with Gasteiger partial charge in [-0.2, -0.15) is 5.26 Å². The van der Waals surface area contributed by atoms with E-state index in [0.717, 1.165) is 48.4 Å². The van der Waals surface area contributed by atoms with Crippen molar-refractivity contribution in [1.82, 2.24) is 19.7 Å². The van der Waals surface area contributed by atoms with Crippen LogP contribution in [-0.4, -0.2) is 38.5 Å². The van der Waals surface area contributed by atoms with Gasteiger partial charge < -0.3 is 0 Å². The first-order valence-corrected chi connectivity index (χ1v) is 10.6. The van der Waals surface area contributed by atoms with Crippen molar-refractivity contribution in [2.24, 2.45) is 0 Å². The number of halogens is 1. The van der Waals surface area contributed by atoms with Gasteiger partial charge in [-0.05, 0) is 70.0 Å². The number of rotatable bonds is 8. The Hall–Kier alpha value is -1.91. The van der Waals surface area contributed by atoms with Crippen LogP contribution in [0.3, 0.4) is 0 Å². The monoisotopic (exact) mass is 387 g/mol. The Morgan fingerprint density at radius 2 is 1.89 bits per heavy atom. The maximum Gasteiger partial charge on any atom is 0.195 e. The predicted molar refractivity (Wildman–Crippen MR) is 105 cm³/mol.